The van der Waals surface area contributed by atoms with Crippen LogP contribution >= 0.6 is 0 Å². The molecular formula is C7H8O. The zero-order valence-electron chi connectivity index (χ0n) is 4.85. The van der Waals surface area contributed by atoms with Gasteiger partial charge < -0.3 is 4.74 Å². The second-order valence-electron chi connectivity index (χ2n) is 1.78. The Morgan fingerprint density at radius 3 is 2.75 bits per heavy atom. The Hall–Kier alpha value is -0.980. The first-order valence-electron chi connectivity index (χ1n) is 2.49. The van der Waals surface area contributed by atoms with Gasteiger partial charge >= 0.3 is 0 Å². The summed E-state index contributed by atoms with van der Waals surface area (Å²) in [6, 6.07) is 0. The van der Waals surface area contributed by atoms with Crippen molar-refractivity contribution in [3.63, 3.8) is 0 Å². The van der Waals surface area contributed by atoms with Crippen LogP contribution in [0.2, 0.25) is 0 Å². The zero-order valence-corrected chi connectivity index (χ0v) is 4.85. The molecule has 0 spiro atoms. The molecule has 1 nitrogen and oxygen atoms in total. The lowest BCUT2D eigenvalue weighted by molar-refractivity contribution is 0.365. The van der Waals surface area contributed by atoms with E-state index >= 15 is 0 Å². The van der Waals surface area contributed by atoms with E-state index in [0.29, 0.717) is 5.76 Å². The number of hydrogen-bond acceptors (Lipinski definition) is 1. The molecule has 0 bridgehead atoms. The van der Waals surface area contributed by atoms with E-state index in [9.17, 15) is 0 Å². The zero-order chi connectivity index (χ0) is 5.98. The summed E-state index contributed by atoms with van der Waals surface area (Å²) in [7, 11) is 0. The summed E-state index contributed by atoms with van der Waals surface area (Å²) in [4.78, 5) is 0. The molecule has 0 unspecified atom stereocenters. The molecule has 0 aromatic heterocycles. The lowest BCUT2D eigenvalue weighted by atomic mass is 10.2. The van der Waals surface area contributed by atoms with Crippen LogP contribution in [0.1, 0.15) is 6.92 Å². The fraction of sp³-hybridized carbons (Fsp3) is 0.143. The Bertz CT molecular complexity index is 163. The van der Waals surface area contributed by atoms with Crippen LogP contribution in [0.5, 0.6) is 0 Å². The fourth-order valence-corrected chi connectivity index (χ4v) is 0.565. The van der Waals surface area contributed by atoms with Crippen LogP contribution in [0, 0.1) is 0 Å². The number of allylic oxidation sites excluding steroid dienone is 3. The van der Waals surface area contributed by atoms with E-state index < -0.39 is 0 Å². The normalized spacial score (nSPS) is 17.6. The Kier molecular flexibility index (Phi) is 1.20. The van der Waals surface area contributed by atoms with Gasteiger partial charge in [-0.15, -0.1) is 0 Å². The molecule has 0 radical (unpaired) electrons. The molecule has 42 valence electrons. The molecular weight excluding hydrogens is 100 g/mol. The molecule has 0 saturated heterocycles. The van der Waals surface area contributed by atoms with Crippen molar-refractivity contribution in [3.8, 4) is 0 Å². The third-order valence-electron chi connectivity index (χ3n) is 0.939. The maximum absolute atomic E-state index is 4.90. The van der Waals surface area contributed by atoms with Crippen molar-refractivity contribution in [2.75, 3.05) is 0 Å². The van der Waals surface area contributed by atoms with E-state index in [1.807, 2.05) is 19.1 Å². The highest BCUT2D eigenvalue weighted by Crippen LogP contribution is 2.09. The minimum Gasteiger partial charge on any atom is -0.466 e. The third kappa shape index (κ3) is 0.997. The maximum Gasteiger partial charge on any atom is 0.119 e. The van der Waals surface area contributed by atoms with Crippen molar-refractivity contribution in [1.82, 2.24) is 0 Å². The minimum absolute atomic E-state index is 0.713. The number of hydrogen-bond donors (Lipinski definition) is 0. The Morgan fingerprint density at radius 1 is 1.62 bits per heavy atom. The average Bonchev–Trinajstić information content (AvgIpc) is 1.64. The van der Waals surface area contributed by atoms with E-state index in [1.54, 1.807) is 6.26 Å². The predicted molar refractivity (Wildman–Crippen MR) is 33.1 cm³/mol. The van der Waals surface area contributed by atoms with Crippen molar-refractivity contribution >= 4 is 0 Å². The van der Waals surface area contributed by atoms with Crippen molar-refractivity contribution < 1.29 is 4.74 Å². The molecule has 0 fully saturated rings. The van der Waals surface area contributed by atoms with Gasteiger partial charge in [0.2, 0.25) is 0 Å². The highest BCUT2D eigenvalue weighted by Gasteiger charge is 1.92. The van der Waals surface area contributed by atoms with Crippen LogP contribution in [0.3, 0.4) is 0 Å². The van der Waals surface area contributed by atoms with Crippen molar-refractivity contribution in [2.45, 2.75) is 6.92 Å². The molecule has 0 amide bonds. The summed E-state index contributed by atoms with van der Waals surface area (Å²) < 4.78 is 4.90. The Balaban J connectivity index is 2.77. The van der Waals surface area contributed by atoms with Gasteiger partial charge in [0.05, 0.1) is 6.26 Å². The van der Waals surface area contributed by atoms with Gasteiger partial charge in [-0.05, 0) is 24.6 Å². The fourth-order valence-electron chi connectivity index (χ4n) is 0.565. The summed E-state index contributed by atoms with van der Waals surface area (Å²) in [5.41, 5.74) is 1.18. The molecule has 1 aliphatic rings. The quantitative estimate of drug-likeness (QED) is 0.461. The van der Waals surface area contributed by atoms with E-state index in [4.69, 9.17) is 4.74 Å². The van der Waals surface area contributed by atoms with Gasteiger partial charge in [-0.1, -0.05) is 6.58 Å². The maximum atomic E-state index is 4.90. The van der Waals surface area contributed by atoms with Crippen molar-refractivity contribution in [2.24, 2.45) is 0 Å². The van der Waals surface area contributed by atoms with Gasteiger partial charge in [-0.2, -0.15) is 0 Å². The smallest absolute Gasteiger partial charge is 0.119 e. The first kappa shape index (κ1) is 5.16. The standard InChI is InChI=1S/C7H8O/c1-6-3-4-8-7(2)5-6/h3-5H,2H2,1H3. The summed E-state index contributed by atoms with van der Waals surface area (Å²) in [6.45, 7) is 5.62. The van der Waals surface area contributed by atoms with Crippen molar-refractivity contribution in [1.29, 1.82) is 0 Å². The Labute approximate surface area is 49.0 Å². The molecule has 0 N–H and O–H groups in total. The van der Waals surface area contributed by atoms with Crippen LogP contribution in [0.4, 0.5) is 0 Å². The molecule has 1 rings (SSSR count). The molecule has 1 heterocycles. The summed E-state index contributed by atoms with van der Waals surface area (Å²) in [5, 5.41) is 0. The largest absolute Gasteiger partial charge is 0.466 e. The summed E-state index contributed by atoms with van der Waals surface area (Å²) >= 11 is 0. The van der Waals surface area contributed by atoms with Gasteiger partial charge in [0, 0.05) is 0 Å². The first-order valence-corrected chi connectivity index (χ1v) is 2.49. The lowest BCUT2D eigenvalue weighted by Gasteiger charge is -2.03. The van der Waals surface area contributed by atoms with Gasteiger partial charge in [0.15, 0.2) is 0 Å². The SMILES string of the molecule is C=C1C=C(C)C=CO1. The van der Waals surface area contributed by atoms with Crippen molar-refractivity contribution in [3.05, 3.63) is 36.3 Å². The van der Waals surface area contributed by atoms with E-state index in [-0.39, 0.29) is 0 Å². The van der Waals surface area contributed by atoms with Crippen LogP contribution in [-0.4, -0.2) is 0 Å². The summed E-state index contributed by atoms with van der Waals surface area (Å²) in [6.07, 6.45) is 5.42. The van der Waals surface area contributed by atoms with Gasteiger partial charge in [0.25, 0.3) is 0 Å². The van der Waals surface area contributed by atoms with E-state index in [1.165, 1.54) is 5.57 Å². The van der Waals surface area contributed by atoms with Crippen LogP contribution in [-0.2, 0) is 4.74 Å². The van der Waals surface area contributed by atoms with E-state index in [2.05, 4.69) is 6.58 Å². The second-order valence-corrected chi connectivity index (χ2v) is 1.78. The van der Waals surface area contributed by atoms with Gasteiger partial charge in [-0.25, -0.2) is 0 Å². The van der Waals surface area contributed by atoms with Crippen LogP contribution in [0.25, 0.3) is 0 Å². The molecule has 0 saturated carbocycles. The highest BCUT2D eigenvalue weighted by atomic mass is 16.5. The minimum atomic E-state index is 0.713. The molecule has 1 heteroatoms. The lowest BCUT2D eigenvalue weighted by Crippen LogP contribution is -1.84. The van der Waals surface area contributed by atoms with Gasteiger partial charge in [0.1, 0.15) is 5.76 Å². The van der Waals surface area contributed by atoms with Gasteiger partial charge in [-0.3, -0.25) is 0 Å². The molecule has 8 heavy (non-hydrogen) atoms. The molecule has 0 aromatic rings. The highest BCUT2D eigenvalue weighted by molar-refractivity contribution is 5.26. The Morgan fingerprint density at radius 2 is 2.38 bits per heavy atom. The summed E-state index contributed by atoms with van der Waals surface area (Å²) in [5.74, 6) is 0.713. The average molecular weight is 108 g/mol. The first-order chi connectivity index (χ1) is 3.79. The predicted octanol–water partition coefficient (Wildman–Crippen LogP) is 1.99. The second kappa shape index (κ2) is 1.86. The topological polar surface area (TPSA) is 9.23 Å². The third-order valence-corrected chi connectivity index (χ3v) is 0.939. The molecule has 0 atom stereocenters. The van der Waals surface area contributed by atoms with E-state index in [0.717, 1.165) is 0 Å². The molecule has 1 aliphatic heterocycles. The number of rotatable bonds is 0. The molecule has 0 aliphatic carbocycles. The number of ether oxygens (including phenoxy) is 1. The monoisotopic (exact) mass is 108 g/mol. The molecule has 0 aromatic carbocycles. The van der Waals surface area contributed by atoms with Crippen LogP contribution < -0.4 is 0 Å². The van der Waals surface area contributed by atoms with Crippen LogP contribution in [0.15, 0.2) is 36.3 Å².